The summed E-state index contributed by atoms with van der Waals surface area (Å²) in [4.78, 5) is 32.7. The van der Waals surface area contributed by atoms with Crippen molar-refractivity contribution < 1.29 is 22.7 Å². The van der Waals surface area contributed by atoms with E-state index < -0.39 is 10.0 Å². The number of pyridine rings is 1. The fourth-order valence-corrected chi connectivity index (χ4v) is 5.06. The van der Waals surface area contributed by atoms with Gasteiger partial charge in [-0.2, -0.15) is 0 Å². The predicted molar refractivity (Wildman–Crippen MR) is 130 cm³/mol. The first-order valence-electron chi connectivity index (χ1n) is 11.0. The highest BCUT2D eigenvalue weighted by molar-refractivity contribution is 7.92. The molecule has 1 saturated heterocycles. The minimum Gasteiger partial charge on any atom is -0.378 e. The summed E-state index contributed by atoms with van der Waals surface area (Å²) in [5, 5.41) is 3.08. The van der Waals surface area contributed by atoms with E-state index in [-0.39, 0.29) is 28.0 Å². The lowest BCUT2D eigenvalue weighted by Gasteiger charge is -2.34. The zero-order valence-corrected chi connectivity index (χ0v) is 19.4. The molecule has 1 aromatic heterocycles. The van der Waals surface area contributed by atoms with Crippen LogP contribution in [0.4, 0.5) is 11.5 Å². The molecule has 0 spiro atoms. The van der Waals surface area contributed by atoms with E-state index in [9.17, 15) is 18.0 Å². The van der Waals surface area contributed by atoms with E-state index in [0.29, 0.717) is 48.8 Å². The van der Waals surface area contributed by atoms with Crippen LogP contribution in [0, 0.1) is 0 Å². The number of rotatable bonds is 6. The molecule has 10 heteroatoms. The first kappa shape index (κ1) is 22.8. The topological polar surface area (TPSA) is 118 Å². The summed E-state index contributed by atoms with van der Waals surface area (Å²) in [5.41, 5.74) is 1.63. The number of nitrogens with zero attached hydrogens (tertiary/aromatic N) is 2. The molecule has 0 saturated carbocycles. The summed E-state index contributed by atoms with van der Waals surface area (Å²) in [5.74, 6) is -0.321. The highest BCUT2D eigenvalue weighted by Gasteiger charge is 2.35. The number of carbonyl (C=O) groups is 2. The largest absolute Gasteiger partial charge is 0.378 e. The van der Waals surface area contributed by atoms with Gasteiger partial charge in [-0.05, 0) is 36.4 Å². The van der Waals surface area contributed by atoms with Crippen molar-refractivity contribution in [3.05, 3.63) is 95.4 Å². The van der Waals surface area contributed by atoms with Crippen LogP contribution in [0.2, 0.25) is 0 Å². The quantitative estimate of drug-likeness (QED) is 0.542. The fraction of sp³-hybridized carbons (Fsp3) is 0.160. The van der Waals surface area contributed by atoms with Crippen molar-refractivity contribution in [3.63, 3.8) is 0 Å². The van der Waals surface area contributed by atoms with Crippen LogP contribution in [0.1, 0.15) is 20.7 Å². The van der Waals surface area contributed by atoms with Gasteiger partial charge in [0.1, 0.15) is 17.2 Å². The molecule has 0 unspecified atom stereocenters. The maximum atomic E-state index is 13.4. The molecule has 1 aliphatic heterocycles. The number of allylic oxidation sites excluding steroid dienone is 2. The molecule has 3 aromatic rings. The SMILES string of the molecule is O=C1C(Nc2ccc(S(=O)(=O)Nc3ccccn3)cc2)=C(N2CCOCC2)C(=O)c2ccccc21. The van der Waals surface area contributed by atoms with Gasteiger partial charge in [0.05, 0.1) is 18.1 Å². The molecular weight excluding hydrogens is 468 g/mol. The molecule has 1 fully saturated rings. The molecule has 5 rings (SSSR count). The minimum absolute atomic E-state index is 0.0347. The Kier molecular flexibility index (Phi) is 6.06. The zero-order chi connectivity index (χ0) is 24.4. The molecule has 9 nitrogen and oxygen atoms in total. The van der Waals surface area contributed by atoms with Crippen molar-refractivity contribution in [3.8, 4) is 0 Å². The number of sulfonamides is 1. The van der Waals surface area contributed by atoms with Gasteiger partial charge in [0, 0.05) is 36.1 Å². The van der Waals surface area contributed by atoms with Crippen molar-refractivity contribution in [2.45, 2.75) is 4.90 Å². The van der Waals surface area contributed by atoms with E-state index in [1.807, 2.05) is 4.90 Å². The summed E-state index contributed by atoms with van der Waals surface area (Å²) in [7, 11) is -3.85. The number of anilines is 2. The lowest BCUT2D eigenvalue weighted by Crippen LogP contribution is -2.42. The molecule has 1 aliphatic carbocycles. The average molecular weight is 491 g/mol. The van der Waals surface area contributed by atoms with Crippen LogP contribution in [0.25, 0.3) is 0 Å². The van der Waals surface area contributed by atoms with E-state index in [1.165, 1.54) is 18.3 Å². The number of Topliss-reactive ketones (excluding diaryl/α,β-unsaturated/α-hetero) is 2. The maximum Gasteiger partial charge on any atom is 0.263 e. The van der Waals surface area contributed by atoms with Crippen molar-refractivity contribution in [1.82, 2.24) is 9.88 Å². The zero-order valence-electron chi connectivity index (χ0n) is 18.6. The van der Waals surface area contributed by atoms with Crippen LogP contribution in [-0.4, -0.2) is 56.2 Å². The standard InChI is InChI=1S/C25H22N4O5S/c30-24-19-5-1-2-6-20(19)25(31)23(29-13-15-34-16-14-29)22(24)27-17-8-10-18(11-9-17)35(32,33)28-21-7-3-4-12-26-21/h1-12,27H,13-16H2,(H,26,28). The molecule has 2 aromatic carbocycles. The fourth-order valence-electron chi connectivity index (χ4n) is 4.05. The number of ketones is 2. The van der Waals surface area contributed by atoms with Crippen LogP contribution >= 0.6 is 0 Å². The third-order valence-electron chi connectivity index (χ3n) is 5.76. The van der Waals surface area contributed by atoms with Gasteiger partial charge in [-0.15, -0.1) is 0 Å². The number of carbonyl (C=O) groups excluding carboxylic acids is 2. The molecule has 0 atom stereocenters. The van der Waals surface area contributed by atoms with Crippen LogP contribution in [0.3, 0.4) is 0 Å². The molecule has 178 valence electrons. The van der Waals surface area contributed by atoms with Gasteiger partial charge in [-0.1, -0.05) is 30.3 Å². The van der Waals surface area contributed by atoms with Crippen LogP contribution in [0.15, 0.2) is 89.2 Å². The van der Waals surface area contributed by atoms with Gasteiger partial charge in [-0.3, -0.25) is 14.3 Å². The molecule has 2 aliphatic rings. The monoisotopic (exact) mass is 490 g/mol. The Morgan fingerprint density at radius 2 is 1.49 bits per heavy atom. The minimum atomic E-state index is -3.85. The van der Waals surface area contributed by atoms with Crippen molar-refractivity contribution in [1.29, 1.82) is 0 Å². The second-order valence-electron chi connectivity index (χ2n) is 8.00. The number of nitrogens with one attached hydrogen (secondary N) is 2. The van der Waals surface area contributed by atoms with Gasteiger partial charge in [0.15, 0.2) is 0 Å². The molecule has 35 heavy (non-hydrogen) atoms. The highest BCUT2D eigenvalue weighted by Crippen LogP contribution is 2.30. The van der Waals surface area contributed by atoms with Crippen LogP contribution in [-0.2, 0) is 14.8 Å². The summed E-state index contributed by atoms with van der Waals surface area (Å²) in [6.45, 7) is 1.88. The molecule has 0 amide bonds. The van der Waals surface area contributed by atoms with E-state index >= 15 is 0 Å². The maximum absolute atomic E-state index is 13.4. The Bertz CT molecular complexity index is 1410. The third-order valence-corrected chi connectivity index (χ3v) is 7.13. The molecule has 0 radical (unpaired) electrons. The first-order chi connectivity index (χ1) is 16.9. The highest BCUT2D eigenvalue weighted by atomic mass is 32.2. The van der Waals surface area contributed by atoms with E-state index in [2.05, 4.69) is 15.0 Å². The summed E-state index contributed by atoms with van der Waals surface area (Å²) in [6, 6.07) is 17.6. The number of hydrogen-bond acceptors (Lipinski definition) is 8. The average Bonchev–Trinajstić information content (AvgIpc) is 2.88. The number of morpholine rings is 1. The number of hydrogen-bond donors (Lipinski definition) is 2. The van der Waals surface area contributed by atoms with Gasteiger partial charge in [0.2, 0.25) is 11.6 Å². The second kappa shape index (κ2) is 9.32. The molecule has 2 heterocycles. The van der Waals surface area contributed by atoms with Gasteiger partial charge in [0.25, 0.3) is 10.0 Å². The summed E-state index contributed by atoms with van der Waals surface area (Å²) in [6.07, 6.45) is 1.49. The third kappa shape index (κ3) is 4.53. The normalized spacial score (nSPS) is 16.2. The van der Waals surface area contributed by atoms with Gasteiger partial charge < -0.3 is 15.0 Å². The predicted octanol–water partition coefficient (Wildman–Crippen LogP) is 2.92. The molecule has 0 bridgehead atoms. The van der Waals surface area contributed by atoms with Crippen molar-refractivity contribution in [2.75, 3.05) is 36.3 Å². The number of fused-ring (bicyclic) bond motifs is 1. The Labute approximate surface area is 202 Å². The van der Waals surface area contributed by atoms with Crippen LogP contribution < -0.4 is 10.0 Å². The Hall–Kier alpha value is -4.02. The Balaban J connectivity index is 1.46. The van der Waals surface area contributed by atoms with E-state index in [4.69, 9.17) is 4.74 Å². The van der Waals surface area contributed by atoms with Crippen molar-refractivity contribution in [2.24, 2.45) is 0 Å². The first-order valence-corrected chi connectivity index (χ1v) is 12.5. The smallest absolute Gasteiger partial charge is 0.263 e. The Morgan fingerprint density at radius 3 is 2.14 bits per heavy atom. The summed E-state index contributed by atoms with van der Waals surface area (Å²) >= 11 is 0. The Morgan fingerprint density at radius 1 is 0.829 bits per heavy atom. The molecular formula is C25H22N4O5S. The number of aromatic nitrogens is 1. The van der Waals surface area contributed by atoms with Crippen molar-refractivity contribution >= 4 is 33.1 Å². The lowest BCUT2D eigenvalue weighted by molar-refractivity contribution is 0.0496. The summed E-state index contributed by atoms with van der Waals surface area (Å²) < 4.78 is 33.2. The van der Waals surface area contributed by atoms with Gasteiger partial charge >= 0.3 is 0 Å². The molecule has 2 N–H and O–H groups in total. The van der Waals surface area contributed by atoms with E-state index in [0.717, 1.165) is 0 Å². The number of ether oxygens (including phenoxy) is 1. The number of benzene rings is 2. The van der Waals surface area contributed by atoms with Crippen LogP contribution in [0.5, 0.6) is 0 Å². The van der Waals surface area contributed by atoms with E-state index in [1.54, 1.807) is 54.6 Å². The second-order valence-corrected chi connectivity index (χ2v) is 9.68. The lowest BCUT2D eigenvalue weighted by atomic mass is 9.89. The van der Waals surface area contributed by atoms with Gasteiger partial charge in [-0.25, -0.2) is 13.4 Å².